The van der Waals surface area contributed by atoms with Gasteiger partial charge >= 0.3 is 0 Å². The number of halogens is 1. The van der Waals surface area contributed by atoms with E-state index in [4.69, 9.17) is 16.9 Å². The lowest BCUT2D eigenvalue weighted by Crippen LogP contribution is -1.72. The highest BCUT2D eigenvalue weighted by molar-refractivity contribution is 7.19. The zero-order valence-corrected chi connectivity index (χ0v) is 8.54. The van der Waals surface area contributed by atoms with E-state index < -0.39 is 0 Å². The van der Waals surface area contributed by atoms with Crippen LogP contribution in [0.15, 0.2) is 18.2 Å². The van der Waals surface area contributed by atoms with Crippen LogP contribution in [0.4, 0.5) is 0 Å². The molecule has 1 heterocycles. The first-order valence-electron chi connectivity index (χ1n) is 3.81. The van der Waals surface area contributed by atoms with Gasteiger partial charge in [-0.3, -0.25) is 0 Å². The summed E-state index contributed by atoms with van der Waals surface area (Å²) in [6.07, 6.45) is 0. The maximum atomic E-state index is 8.90. The number of benzene rings is 1. The molecule has 0 bridgehead atoms. The number of hydrogen-bond donors (Lipinski definition) is 0. The fourth-order valence-corrected chi connectivity index (χ4v) is 2.62. The van der Waals surface area contributed by atoms with Crippen molar-refractivity contribution in [2.45, 2.75) is 6.92 Å². The van der Waals surface area contributed by atoms with Gasteiger partial charge < -0.3 is 0 Å². The predicted octanol–water partition coefficient (Wildman–Crippen LogP) is 3.73. The Morgan fingerprint density at radius 2 is 2.23 bits per heavy atom. The van der Waals surface area contributed by atoms with E-state index in [0.29, 0.717) is 0 Å². The molecule has 0 saturated heterocycles. The molecule has 2 aromatic rings. The third kappa shape index (κ3) is 1.31. The van der Waals surface area contributed by atoms with Crippen LogP contribution in [0.3, 0.4) is 0 Å². The fraction of sp³-hybridized carbons (Fsp3) is 0.100. The van der Waals surface area contributed by atoms with Crippen LogP contribution in [0.25, 0.3) is 10.1 Å². The fourth-order valence-electron chi connectivity index (χ4n) is 1.33. The number of rotatable bonds is 0. The maximum Gasteiger partial charge on any atom is 0.101 e. The second-order valence-electron chi connectivity index (χ2n) is 2.79. The standard InChI is InChI=1S/C10H6ClNS/c1-6-9(5-12)8-3-2-7(11)4-10(8)13-6/h2-4H,1H3. The minimum atomic E-state index is 0.721. The van der Waals surface area contributed by atoms with Crippen LogP contribution >= 0.6 is 22.9 Å². The summed E-state index contributed by atoms with van der Waals surface area (Å²) < 4.78 is 1.08. The topological polar surface area (TPSA) is 23.8 Å². The number of thiophene rings is 1. The summed E-state index contributed by atoms with van der Waals surface area (Å²) in [6.45, 7) is 1.96. The lowest BCUT2D eigenvalue weighted by Gasteiger charge is -1.90. The molecule has 13 heavy (non-hydrogen) atoms. The normalized spacial score (nSPS) is 10.2. The van der Waals surface area contributed by atoms with Crippen LogP contribution in [0.5, 0.6) is 0 Å². The van der Waals surface area contributed by atoms with E-state index in [1.807, 2.05) is 25.1 Å². The van der Waals surface area contributed by atoms with E-state index in [2.05, 4.69) is 6.07 Å². The van der Waals surface area contributed by atoms with Crippen molar-refractivity contribution < 1.29 is 0 Å². The Labute approximate surface area is 85.2 Å². The van der Waals surface area contributed by atoms with Crippen molar-refractivity contribution in [2.75, 3.05) is 0 Å². The summed E-state index contributed by atoms with van der Waals surface area (Å²) in [4.78, 5) is 1.06. The van der Waals surface area contributed by atoms with Gasteiger partial charge in [0, 0.05) is 20.0 Å². The van der Waals surface area contributed by atoms with Crippen molar-refractivity contribution in [1.29, 1.82) is 5.26 Å². The molecule has 1 aromatic carbocycles. The van der Waals surface area contributed by atoms with Gasteiger partial charge in [-0.1, -0.05) is 17.7 Å². The average Bonchev–Trinajstić information content (AvgIpc) is 2.39. The van der Waals surface area contributed by atoms with Gasteiger partial charge in [-0.05, 0) is 19.1 Å². The molecule has 0 aliphatic heterocycles. The first-order chi connectivity index (χ1) is 6.22. The van der Waals surface area contributed by atoms with Gasteiger partial charge in [0.1, 0.15) is 6.07 Å². The van der Waals surface area contributed by atoms with Gasteiger partial charge in [-0.2, -0.15) is 5.26 Å². The van der Waals surface area contributed by atoms with Crippen LogP contribution in [-0.4, -0.2) is 0 Å². The smallest absolute Gasteiger partial charge is 0.101 e. The highest BCUT2D eigenvalue weighted by Crippen LogP contribution is 2.31. The zero-order valence-electron chi connectivity index (χ0n) is 6.97. The molecule has 0 saturated carbocycles. The summed E-state index contributed by atoms with van der Waals surface area (Å²) in [5.74, 6) is 0. The van der Waals surface area contributed by atoms with Gasteiger partial charge in [0.2, 0.25) is 0 Å². The predicted molar refractivity (Wildman–Crippen MR) is 56.3 cm³/mol. The number of nitrogens with zero attached hydrogens (tertiary/aromatic N) is 1. The molecule has 1 nitrogen and oxygen atoms in total. The molecule has 0 aliphatic rings. The molecular formula is C10H6ClNS. The SMILES string of the molecule is Cc1sc2cc(Cl)ccc2c1C#N. The van der Waals surface area contributed by atoms with Crippen molar-refractivity contribution in [1.82, 2.24) is 0 Å². The molecule has 0 spiro atoms. The molecule has 1 aromatic heterocycles. The minimum absolute atomic E-state index is 0.721. The average molecular weight is 208 g/mol. The molecule has 0 radical (unpaired) electrons. The van der Waals surface area contributed by atoms with Crippen LogP contribution in [-0.2, 0) is 0 Å². The third-order valence-electron chi connectivity index (χ3n) is 1.94. The number of aryl methyl sites for hydroxylation is 1. The van der Waals surface area contributed by atoms with Crippen molar-refractivity contribution in [2.24, 2.45) is 0 Å². The second-order valence-corrected chi connectivity index (χ2v) is 4.48. The molecule has 64 valence electrons. The lowest BCUT2D eigenvalue weighted by atomic mass is 10.1. The Kier molecular flexibility index (Phi) is 1.99. The summed E-state index contributed by atoms with van der Waals surface area (Å²) in [6, 6.07) is 7.82. The van der Waals surface area contributed by atoms with Gasteiger partial charge in [0.25, 0.3) is 0 Å². The van der Waals surface area contributed by atoms with Crippen LogP contribution < -0.4 is 0 Å². The van der Waals surface area contributed by atoms with Gasteiger partial charge in [0.15, 0.2) is 0 Å². The number of fused-ring (bicyclic) bond motifs is 1. The van der Waals surface area contributed by atoms with E-state index in [-0.39, 0.29) is 0 Å². The Balaban J connectivity index is 2.88. The number of hydrogen-bond acceptors (Lipinski definition) is 2. The van der Waals surface area contributed by atoms with Crippen LogP contribution in [0.1, 0.15) is 10.4 Å². The molecule has 0 unspecified atom stereocenters. The van der Waals surface area contributed by atoms with E-state index in [0.717, 1.165) is 25.5 Å². The van der Waals surface area contributed by atoms with Crippen LogP contribution in [0.2, 0.25) is 5.02 Å². The second kappa shape index (κ2) is 3.02. The molecule has 0 N–H and O–H groups in total. The van der Waals surface area contributed by atoms with E-state index >= 15 is 0 Å². The Hall–Kier alpha value is -1.04. The molecule has 3 heteroatoms. The first-order valence-corrected chi connectivity index (χ1v) is 5.00. The minimum Gasteiger partial charge on any atom is -0.192 e. The zero-order chi connectivity index (χ0) is 9.42. The molecule has 0 fully saturated rings. The van der Waals surface area contributed by atoms with Gasteiger partial charge in [-0.15, -0.1) is 11.3 Å². The summed E-state index contributed by atoms with van der Waals surface area (Å²) >= 11 is 7.46. The molecule has 0 amide bonds. The highest BCUT2D eigenvalue weighted by atomic mass is 35.5. The third-order valence-corrected chi connectivity index (χ3v) is 3.24. The van der Waals surface area contributed by atoms with Crippen LogP contribution in [0, 0.1) is 18.3 Å². The Morgan fingerprint density at radius 1 is 1.46 bits per heavy atom. The van der Waals surface area contributed by atoms with Crippen molar-refractivity contribution in [3.05, 3.63) is 33.7 Å². The van der Waals surface area contributed by atoms with Crippen molar-refractivity contribution >= 4 is 33.0 Å². The molecule has 0 aliphatic carbocycles. The van der Waals surface area contributed by atoms with Crippen molar-refractivity contribution in [3.63, 3.8) is 0 Å². The monoisotopic (exact) mass is 207 g/mol. The molecular weight excluding hydrogens is 202 g/mol. The Bertz CT molecular complexity index is 507. The van der Waals surface area contributed by atoms with Crippen molar-refractivity contribution in [3.8, 4) is 6.07 Å². The molecule has 0 atom stereocenters. The highest BCUT2D eigenvalue weighted by Gasteiger charge is 2.07. The summed E-state index contributed by atoms with van der Waals surface area (Å²) in [5, 5.41) is 10.6. The largest absolute Gasteiger partial charge is 0.192 e. The molecule has 2 rings (SSSR count). The lowest BCUT2D eigenvalue weighted by molar-refractivity contribution is 1.48. The first kappa shape index (κ1) is 8.55. The van der Waals surface area contributed by atoms with E-state index in [1.54, 1.807) is 11.3 Å². The Morgan fingerprint density at radius 3 is 2.92 bits per heavy atom. The number of nitriles is 1. The summed E-state index contributed by atoms with van der Waals surface area (Å²) in [5.41, 5.74) is 0.775. The summed E-state index contributed by atoms with van der Waals surface area (Å²) in [7, 11) is 0. The van der Waals surface area contributed by atoms with E-state index in [9.17, 15) is 0 Å². The maximum absolute atomic E-state index is 8.90. The van der Waals surface area contributed by atoms with Gasteiger partial charge in [-0.25, -0.2) is 0 Å². The quantitative estimate of drug-likeness (QED) is 0.646. The van der Waals surface area contributed by atoms with Gasteiger partial charge in [0.05, 0.1) is 5.56 Å². The van der Waals surface area contributed by atoms with E-state index in [1.165, 1.54) is 0 Å².